The standard InChI is InChI=1S/C24H32N4O2.C21H24N2O4.C14H16N2O2.C14H20N2.C9H7NO.C7H6O5.C5H6Br2O4.C5H6O4.C4H6O3.C2H4O2.CH4.Br2.Na.H2/c1-17(2)12-21(15-20-13-18-6-4-5-7-22(18)25-20)28-23(29)14-19(24(28)30)16-27-10-8-26(3)9-11-27;1-13(2)8-18(11-17-9-15-6-4-5-7-19(15)22-17)23-20(25)10-16(21(23)26)12-27-14(3)24;1-10(2)7-13(16(17)18)9-12-8-11-5-3-4-6-14(11)15-12;1-10(2)7-12(15)9-13-8-11-5-3-4-6-14(11)16-13;11-6-8-5-7-3-1-2-4-9(7)10-8;1-4(8)11-3-5-2-6(9)12-7(5)10;6-2-5(7,11-3-8)1-4(9)10;1-4(9-3-6)2-5(7)8;1-3(5)7-4(2)6;1-2(3)4;;1-2;;/h4-7,13-14,17,21,25H,8-12,15-16H2,1-3H3;4-7,9-10,13,18,22H,8,11-12H2,1-3H3;3-6,8-10,15H,7H2,1-2H3;3-6,8,10,12,16H,7,9,15H2,1-2H3;1-6,10H;2H,3H2,1H3;3H,1-2H2,(H,9,10);3H,1-2H2,(H,7,8);1-2H3;1H3,(H,3,4);1H4;;;1H/q;;;;;;;;;;;;+1;/p-1/b;;13-9-;;;;;;;;;;;. The number of alkyl halides is 2. The molecule has 0 bridgehead atoms. The van der Waals surface area contributed by atoms with E-state index in [1.54, 1.807) is 12.2 Å². The molecule has 802 valence electrons. The van der Waals surface area contributed by atoms with Crippen molar-refractivity contribution in [1.29, 1.82) is 0 Å². The molecule has 1 fully saturated rings. The van der Waals surface area contributed by atoms with E-state index in [-0.39, 0.29) is 158 Å². The number of likely N-dealkylation sites (N-methyl/N-ethyl adjacent to an activating group) is 1. The van der Waals surface area contributed by atoms with Crippen LogP contribution in [0.25, 0.3) is 60.6 Å². The number of hydrogen-bond donors (Lipinski definition) is 8. The van der Waals surface area contributed by atoms with Gasteiger partial charge in [-0.1, -0.05) is 176 Å². The third kappa shape index (κ3) is 49.9. The fourth-order valence-electron chi connectivity index (χ4n) is 15.0. The largest absolute Gasteiger partial charge is 1.00 e. The number of aromatic amines is 5. The van der Waals surface area contributed by atoms with Gasteiger partial charge in [0.05, 0.1) is 33.5 Å². The third-order valence-corrected chi connectivity index (χ3v) is 23.3. The zero-order chi connectivity index (χ0) is 110. The molecule has 4 aliphatic rings. The molecule has 4 aliphatic heterocycles. The molecule has 0 aliphatic carbocycles. The fourth-order valence-corrected chi connectivity index (χ4v) is 15.6. The summed E-state index contributed by atoms with van der Waals surface area (Å²) in [6.07, 6.45) is 10.9. The average Bonchev–Trinajstić information content (AvgIpc) is 1.65. The summed E-state index contributed by atoms with van der Waals surface area (Å²) in [6, 6.07) is 50.1. The monoisotopic (exact) mass is 2330 g/mol. The van der Waals surface area contributed by atoms with Crippen molar-refractivity contribution < 1.29 is 156 Å². The molecule has 4 amide bonds. The van der Waals surface area contributed by atoms with E-state index in [9.17, 15) is 82.0 Å². The minimum absolute atomic E-state index is 0. The maximum absolute atomic E-state index is 13.2. The van der Waals surface area contributed by atoms with Crippen LogP contribution in [-0.2, 0) is 120 Å². The van der Waals surface area contributed by atoms with Crippen LogP contribution < -0.4 is 40.4 Å². The van der Waals surface area contributed by atoms with Crippen LogP contribution in [-0.4, -0.2) is 237 Å². The number of nitrogens with zero attached hydrogens (tertiary/aromatic N) is 5. The van der Waals surface area contributed by atoms with Gasteiger partial charge in [0, 0.05) is 226 Å². The van der Waals surface area contributed by atoms with E-state index in [0.717, 1.165) is 125 Å². The van der Waals surface area contributed by atoms with Gasteiger partial charge in [-0.05, 0) is 155 Å². The van der Waals surface area contributed by atoms with E-state index < -0.39 is 58.2 Å². The second-order valence-corrected chi connectivity index (χ2v) is 37.5. The minimum Gasteiger partial charge on any atom is -0.550 e. The molecule has 0 spiro atoms. The number of carbonyl (C=O) groups is 16. The maximum atomic E-state index is 13.2. The summed E-state index contributed by atoms with van der Waals surface area (Å²) < 4.78 is 25.0. The number of benzene rings is 5. The van der Waals surface area contributed by atoms with E-state index in [1.165, 1.54) is 60.2 Å². The number of para-hydroxylation sites is 5. The molecule has 4 unspecified atom stereocenters. The summed E-state index contributed by atoms with van der Waals surface area (Å²) in [6.45, 7) is 30.2. The smallest absolute Gasteiger partial charge is 0.550 e. The maximum Gasteiger partial charge on any atom is 1.00 e. The van der Waals surface area contributed by atoms with Crippen LogP contribution in [0.3, 0.4) is 0 Å². The second-order valence-electron chi connectivity index (χ2n) is 35.5. The normalized spacial score (nSPS) is 13.9. The number of ether oxygens (including phenoxy) is 6. The molecule has 5 aromatic heterocycles. The summed E-state index contributed by atoms with van der Waals surface area (Å²) in [5.74, 6) is -6.18. The van der Waals surface area contributed by atoms with E-state index >= 15 is 0 Å². The zero-order valence-corrected chi connectivity index (χ0v) is 93.5. The SMILES string of the molecule is BrBr.C.C=C(CC(=O)O)OC=O.CC(=O)OC(C)=O.CC(=O)OCC1=CC(=O)N(C(Cc2cc3ccccc3[nH]2)CC(C)C)C1=O.CC(=O)OCC1=CC(=O)OC1=O.CC(=O)[O-].CC(C)C/C(=C/c1cc2ccccc2[nH]1)[N+](=O)[O-].CC(C)CC(Cc1cc2ccccc2[nH]1)N1C(=O)C=C(CN2CCN(C)CC2)C1=O.CC(C)CC(N)Cc1cc2ccccc2[nH]1.O=COC(Br)(CBr)CC(=O)O.O=Cc1cc2ccccc2[nH]1.[HH].[Na+]. The van der Waals surface area contributed by atoms with E-state index in [1.807, 2.05) is 111 Å². The van der Waals surface area contributed by atoms with Crippen molar-refractivity contribution in [2.45, 2.75) is 178 Å². The Balaban J connectivity index is 0.000000865. The minimum atomic E-state index is -1.12. The van der Waals surface area contributed by atoms with Crippen molar-refractivity contribution in [1.82, 2.24) is 44.5 Å². The number of cyclic esters (lactones) is 2. The van der Waals surface area contributed by atoms with Crippen molar-refractivity contribution in [2.75, 3.05) is 58.3 Å². The molecule has 5 aromatic carbocycles. The Bertz CT molecular complexity index is 6130. The molecule has 4 atom stereocenters. The first kappa shape index (κ1) is 132. The number of hydrogen-bond acceptors (Lipinski definition) is 28. The Morgan fingerprint density at radius 2 is 0.933 bits per heavy atom. The van der Waals surface area contributed by atoms with Gasteiger partial charge in [0.2, 0.25) is 5.70 Å². The van der Waals surface area contributed by atoms with Gasteiger partial charge in [-0.15, -0.1) is 0 Å². The Morgan fingerprint density at radius 1 is 0.550 bits per heavy atom. The van der Waals surface area contributed by atoms with Crippen LogP contribution in [0.2, 0.25) is 0 Å². The van der Waals surface area contributed by atoms with Crippen molar-refractivity contribution in [3.63, 3.8) is 0 Å². The van der Waals surface area contributed by atoms with E-state index in [4.69, 9.17) is 30.6 Å². The molecule has 1 saturated heterocycles. The molecule has 38 nitrogen and oxygen atoms in total. The Hall–Kier alpha value is -12.8. The van der Waals surface area contributed by atoms with Crippen molar-refractivity contribution in [3.05, 3.63) is 243 Å². The molecule has 149 heavy (non-hydrogen) atoms. The molecule has 14 rings (SSSR count). The van der Waals surface area contributed by atoms with Gasteiger partial charge in [0.15, 0.2) is 10.8 Å². The number of aromatic nitrogens is 5. The molecule has 9 heterocycles. The van der Waals surface area contributed by atoms with Gasteiger partial charge in [-0.25, -0.2) is 9.59 Å². The van der Waals surface area contributed by atoms with Crippen LogP contribution >= 0.6 is 60.1 Å². The van der Waals surface area contributed by atoms with Crippen LogP contribution in [0, 0.1) is 33.8 Å². The number of carboxylic acid groups (broad SMARTS) is 3. The van der Waals surface area contributed by atoms with Crippen LogP contribution in [0.4, 0.5) is 0 Å². The summed E-state index contributed by atoms with van der Waals surface area (Å²) in [4.78, 5) is 207. The number of nitro groups is 1. The number of aliphatic carboxylic acids is 3. The number of carboxylic acids is 3. The molecule has 9 N–H and O–H groups in total. The number of esters is 6. The number of halogens is 4. The van der Waals surface area contributed by atoms with Gasteiger partial charge in [-0.3, -0.25) is 87.1 Å². The molecule has 43 heteroatoms. The zero-order valence-electron chi connectivity index (χ0n) is 85.2. The Kier molecular flexibility index (Phi) is 61.0. The Morgan fingerprint density at radius 3 is 1.27 bits per heavy atom. The summed E-state index contributed by atoms with van der Waals surface area (Å²) in [5, 5.41) is 42.2. The van der Waals surface area contributed by atoms with Crippen LogP contribution in [0.5, 0.6) is 0 Å². The quantitative estimate of drug-likeness (QED) is 0.00177. The number of fused-ring (bicyclic) bond motifs is 5. The van der Waals surface area contributed by atoms with Crippen LogP contribution in [0.1, 0.15) is 171 Å². The summed E-state index contributed by atoms with van der Waals surface area (Å²) in [5.41, 5.74) is 17.3. The molecule has 0 radical (unpaired) electrons. The van der Waals surface area contributed by atoms with Gasteiger partial charge in [-0.2, -0.15) is 0 Å². The topological polar surface area (TPSA) is 553 Å². The molecule has 10 aromatic rings. The number of amides is 4. The summed E-state index contributed by atoms with van der Waals surface area (Å²) >= 11 is 11.5. The van der Waals surface area contributed by atoms with Crippen molar-refractivity contribution in [2.24, 2.45) is 29.4 Å². The molecule has 0 saturated carbocycles. The summed E-state index contributed by atoms with van der Waals surface area (Å²) in [7, 11) is 2.11. The number of nitrogens with two attached hydrogens (primary N) is 1. The predicted molar refractivity (Wildman–Crippen MR) is 576 cm³/mol. The predicted octanol–water partition coefficient (Wildman–Crippen LogP) is 13.8. The molecular weight excluding hydrogens is 2200 g/mol. The van der Waals surface area contributed by atoms with E-state index in [0.29, 0.717) is 61.2 Å². The second kappa shape index (κ2) is 68.8. The van der Waals surface area contributed by atoms with Crippen LogP contribution in [0.15, 0.2) is 205 Å². The molecular formula is C106H132Br4N11NaO27. The van der Waals surface area contributed by atoms with Gasteiger partial charge < -0.3 is 84.1 Å². The first-order valence-electron chi connectivity index (χ1n) is 46.3. The average molecular weight is 2330 g/mol. The van der Waals surface area contributed by atoms with Crippen molar-refractivity contribution in [3.8, 4) is 0 Å². The van der Waals surface area contributed by atoms with Gasteiger partial charge in [0.25, 0.3) is 36.6 Å². The Labute approximate surface area is 919 Å². The number of piperazine rings is 1. The number of rotatable bonds is 34. The van der Waals surface area contributed by atoms with Gasteiger partial charge in [0.1, 0.15) is 25.4 Å². The number of aldehydes is 1. The number of imide groups is 2. The first-order valence-corrected chi connectivity index (χ1v) is 52.0. The van der Waals surface area contributed by atoms with E-state index in [2.05, 4.69) is 228 Å². The van der Waals surface area contributed by atoms with Gasteiger partial charge >= 0.3 is 77.3 Å². The number of carbonyl (C=O) groups excluding carboxylic acids is 14. The number of nitrogens with one attached hydrogen (secondary N) is 5. The first-order chi connectivity index (χ1) is 69.5. The fraction of sp³-hybridized carbons (Fsp3) is 0.377. The third-order valence-electron chi connectivity index (χ3n) is 20.9. The number of allylic oxidation sites excluding steroid dienone is 1. The van der Waals surface area contributed by atoms with Crippen molar-refractivity contribution >= 4 is 217 Å². The number of H-pyrrole nitrogens is 5.